The van der Waals surface area contributed by atoms with Crippen molar-refractivity contribution in [3.05, 3.63) is 35.4 Å². The molecule has 0 radical (unpaired) electrons. The maximum absolute atomic E-state index is 5.74. The van der Waals surface area contributed by atoms with E-state index >= 15 is 0 Å². The molecule has 0 bridgehead atoms. The molecule has 0 aromatic heterocycles. The normalized spacial score (nSPS) is 25.0. The zero-order valence-electron chi connectivity index (χ0n) is 15.1. The van der Waals surface area contributed by atoms with Crippen LogP contribution in [-0.4, -0.2) is 32.5 Å². The lowest BCUT2D eigenvalue weighted by molar-refractivity contribution is 0.0671. The van der Waals surface area contributed by atoms with E-state index in [1.165, 1.54) is 62.5 Å². The third-order valence-electron chi connectivity index (χ3n) is 5.08. The molecule has 0 aliphatic carbocycles. The number of epoxide rings is 2. The number of aryl methyl sites for hydroxylation is 1. The van der Waals surface area contributed by atoms with Crippen molar-refractivity contribution in [1.82, 2.24) is 0 Å². The molecule has 134 valence electrons. The summed E-state index contributed by atoms with van der Waals surface area (Å²) in [5.74, 6) is 0. The lowest BCUT2D eigenvalue weighted by Gasteiger charge is -2.13. The lowest BCUT2D eigenvalue weighted by Crippen LogP contribution is -2.19. The van der Waals surface area contributed by atoms with Gasteiger partial charge in [0.2, 0.25) is 0 Å². The van der Waals surface area contributed by atoms with Gasteiger partial charge in [-0.3, -0.25) is 0 Å². The Labute approximate surface area is 146 Å². The molecule has 2 saturated heterocycles. The van der Waals surface area contributed by atoms with E-state index in [2.05, 4.69) is 31.2 Å². The van der Waals surface area contributed by atoms with Crippen molar-refractivity contribution in [2.24, 2.45) is 0 Å². The van der Waals surface area contributed by atoms with Gasteiger partial charge in [-0.1, -0.05) is 69.7 Å². The van der Waals surface area contributed by atoms with E-state index in [1.54, 1.807) is 0 Å². The summed E-state index contributed by atoms with van der Waals surface area (Å²) in [5.41, 5.74) is 2.50. The van der Waals surface area contributed by atoms with E-state index in [1.807, 2.05) is 0 Å². The SMILES string of the molecule is CCCCCCCCCc1ccc(C2(COCC3CO3)CO2)cc1. The highest BCUT2D eigenvalue weighted by Gasteiger charge is 2.47. The van der Waals surface area contributed by atoms with E-state index < -0.39 is 0 Å². The van der Waals surface area contributed by atoms with E-state index in [4.69, 9.17) is 14.2 Å². The van der Waals surface area contributed by atoms with Crippen molar-refractivity contribution in [3.63, 3.8) is 0 Å². The molecule has 1 aromatic rings. The first-order chi connectivity index (χ1) is 11.8. The summed E-state index contributed by atoms with van der Waals surface area (Å²) in [6.45, 7) is 5.23. The molecule has 0 N–H and O–H groups in total. The Bertz CT molecular complexity index is 474. The molecule has 2 aliphatic heterocycles. The minimum atomic E-state index is -0.188. The monoisotopic (exact) mass is 332 g/mol. The van der Waals surface area contributed by atoms with Crippen molar-refractivity contribution in [2.75, 3.05) is 26.4 Å². The summed E-state index contributed by atoms with van der Waals surface area (Å²) in [6, 6.07) is 8.97. The predicted octanol–water partition coefficient (Wildman–Crippen LogP) is 4.62. The molecule has 24 heavy (non-hydrogen) atoms. The van der Waals surface area contributed by atoms with Crippen LogP contribution in [0.2, 0.25) is 0 Å². The zero-order chi connectivity index (χ0) is 16.7. The van der Waals surface area contributed by atoms with E-state index in [-0.39, 0.29) is 5.60 Å². The average Bonchev–Trinajstić information content (AvgIpc) is 3.51. The van der Waals surface area contributed by atoms with Gasteiger partial charge in [0.1, 0.15) is 11.7 Å². The summed E-state index contributed by atoms with van der Waals surface area (Å²) in [6.07, 6.45) is 11.1. The minimum absolute atomic E-state index is 0.188. The first kappa shape index (κ1) is 17.9. The predicted molar refractivity (Wildman–Crippen MR) is 96.3 cm³/mol. The highest BCUT2D eigenvalue weighted by atomic mass is 16.6. The Morgan fingerprint density at radius 3 is 2.33 bits per heavy atom. The van der Waals surface area contributed by atoms with E-state index in [9.17, 15) is 0 Å². The smallest absolute Gasteiger partial charge is 0.140 e. The van der Waals surface area contributed by atoms with Gasteiger partial charge < -0.3 is 14.2 Å². The Morgan fingerprint density at radius 2 is 1.71 bits per heavy atom. The largest absolute Gasteiger partial charge is 0.375 e. The zero-order valence-corrected chi connectivity index (χ0v) is 15.1. The van der Waals surface area contributed by atoms with Gasteiger partial charge in [-0.2, -0.15) is 0 Å². The quantitative estimate of drug-likeness (QED) is 0.390. The molecular formula is C21H32O3. The first-order valence-electron chi connectivity index (χ1n) is 9.75. The van der Waals surface area contributed by atoms with E-state index in [0.29, 0.717) is 19.3 Å². The number of hydrogen-bond donors (Lipinski definition) is 0. The van der Waals surface area contributed by atoms with Crippen LogP contribution in [0.4, 0.5) is 0 Å². The summed E-state index contributed by atoms with van der Waals surface area (Å²) < 4.78 is 16.6. The minimum Gasteiger partial charge on any atom is -0.375 e. The van der Waals surface area contributed by atoms with Gasteiger partial charge in [-0.15, -0.1) is 0 Å². The van der Waals surface area contributed by atoms with Crippen molar-refractivity contribution < 1.29 is 14.2 Å². The molecule has 2 heterocycles. The highest BCUT2D eigenvalue weighted by molar-refractivity contribution is 5.30. The van der Waals surface area contributed by atoms with Crippen LogP contribution in [0.3, 0.4) is 0 Å². The third kappa shape index (κ3) is 5.58. The summed E-state index contributed by atoms with van der Waals surface area (Å²) in [5, 5.41) is 0. The standard InChI is InChI=1S/C21H32O3/c1-2-3-4-5-6-7-8-9-18-10-12-19(13-11-18)21(17-24-21)16-22-14-20-15-23-20/h10-13,20H,2-9,14-17H2,1H3. The third-order valence-corrected chi connectivity index (χ3v) is 5.08. The second kappa shape index (κ2) is 8.98. The fourth-order valence-corrected chi connectivity index (χ4v) is 3.20. The van der Waals surface area contributed by atoms with Crippen LogP contribution in [0.15, 0.2) is 24.3 Å². The van der Waals surface area contributed by atoms with Crippen molar-refractivity contribution in [3.8, 4) is 0 Å². The van der Waals surface area contributed by atoms with Crippen LogP contribution in [0.1, 0.15) is 63.0 Å². The van der Waals surface area contributed by atoms with Crippen LogP contribution < -0.4 is 0 Å². The van der Waals surface area contributed by atoms with Crippen LogP contribution in [0.5, 0.6) is 0 Å². The second-order valence-corrected chi connectivity index (χ2v) is 7.32. The average molecular weight is 332 g/mol. The summed E-state index contributed by atoms with van der Waals surface area (Å²) >= 11 is 0. The molecular weight excluding hydrogens is 300 g/mol. The van der Waals surface area contributed by atoms with Gasteiger partial charge in [0.25, 0.3) is 0 Å². The van der Waals surface area contributed by atoms with Crippen LogP contribution in [0.25, 0.3) is 0 Å². The Kier molecular flexibility index (Phi) is 6.70. The molecule has 0 spiro atoms. The Morgan fingerprint density at radius 1 is 1.04 bits per heavy atom. The molecule has 3 nitrogen and oxygen atoms in total. The highest BCUT2D eigenvalue weighted by Crippen LogP contribution is 2.39. The topological polar surface area (TPSA) is 34.3 Å². The van der Waals surface area contributed by atoms with Gasteiger partial charge in [0.15, 0.2) is 0 Å². The molecule has 2 atom stereocenters. The first-order valence-corrected chi connectivity index (χ1v) is 9.75. The molecule has 1 aromatic carbocycles. The lowest BCUT2D eigenvalue weighted by atomic mass is 9.97. The molecule has 2 unspecified atom stereocenters. The van der Waals surface area contributed by atoms with Gasteiger partial charge in [0.05, 0.1) is 26.4 Å². The number of rotatable bonds is 13. The molecule has 2 aliphatic rings. The maximum atomic E-state index is 5.74. The molecule has 2 fully saturated rings. The number of unbranched alkanes of at least 4 members (excludes halogenated alkanes) is 6. The summed E-state index contributed by atoms with van der Waals surface area (Å²) in [7, 11) is 0. The van der Waals surface area contributed by atoms with Crippen molar-refractivity contribution >= 4 is 0 Å². The molecule has 3 heteroatoms. The molecule has 3 rings (SSSR count). The summed E-state index contributed by atoms with van der Waals surface area (Å²) in [4.78, 5) is 0. The molecule has 0 amide bonds. The van der Waals surface area contributed by atoms with Gasteiger partial charge >= 0.3 is 0 Å². The fraction of sp³-hybridized carbons (Fsp3) is 0.714. The van der Waals surface area contributed by atoms with Crippen molar-refractivity contribution in [1.29, 1.82) is 0 Å². The number of ether oxygens (including phenoxy) is 3. The van der Waals surface area contributed by atoms with Gasteiger partial charge in [0, 0.05) is 0 Å². The van der Waals surface area contributed by atoms with Gasteiger partial charge in [-0.05, 0) is 24.0 Å². The van der Waals surface area contributed by atoms with Crippen molar-refractivity contribution in [2.45, 2.75) is 70.0 Å². The fourth-order valence-electron chi connectivity index (χ4n) is 3.20. The van der Waals surface area contributed by atoms with Crippen LogP contribution >= 0.6 is 0 Å². The second-order valence-electron chi connectivity index (χ2n) is 7.32. The Balaban J connectivity index is 1.34. The van der Waals surface area contributed by atoms with Crippen LogP contribution in [0, 0.1) is 0 Å². The van der Waals surface area contributed by atoms with Crippen LogP contribution in [-0.2, 0) is 26.2 Å². The maximum Gasteiger partial charge on any atom is 0.140 e. The van der Waals surface area contributed by atoms with Gasteiger partial charge in [-0.25, -0.2) is 0 Å². The Hall–Kier alpha value is -0.900. The number of hydrogen-bond acceptors (Lipinski definition) is 3. The molecule has 0 saturated carbocycles. The van der Waals surface area contributed by atoms with E-state index in [0.717, 1.165) is 13.2 Å². The number of benzene rings is 1.